The van der Waals surface area contributed by atoms with Crippen LogP contribution in [-0.2, 0) is 0 Å². The van der Waals surface area contributed by atoms with E-state index >= 15 is 4.39 Å². The number of benzene rings is 3. The van der Waals surface area contributed by atoms with Crippen molar-refractivity contribution in [2.24, 2.45) is 11.3 Å². The van der Waals surface area contributed by atoms with Gasteiger partial charge in [-0.3, -0.25) is 4.90 Å². The normalized spacial score (nSPS) is 26.2. The van der Waals surface area contributed by atoms with E-state index in [2.05, 4.69) is 31.3 Å². The Morgan fingerprint density at radius 1 is 1.02 bits per heavy atom. The fourth-order valence-corrected chi connectivity index (χ4v) is 8.37. The van der Waals surface area contributed by atoms with E-state index in [1.54, 1.807) is 6.07 Å². The first-order chi connectivity index (χ1) is 22.4. The zero-order valence-electron chi connectivity index (χ0n) is 25.5. The summed E-state index contributed by atoms with van der Waals surface area (Å²) in [5, 5.41) is 19.2. The number of anilines is 1. The lowest BCUT2D eigenvalue weighted by atomic mass is 9.90. The lowest BCUT2D eigenvalue weighted by Crippen LogP contribution is -2.57. The van der Waals surface area contributed by atoms with E-state index in [9.17, 15) is 9.50 Å². The molecule has 4 saturated heterocycles. The van der Waals surface area contributed by atoms with Gasteiger partial charge in [0.1, 0.15) is 22.9 Å². The number of fused-ring (bicyclic) bond motifs is 5. The summed E-state index contributed by atoms with van der Waals surface area (Å²) in [6.07, 6.45) is 10.1. The lowest BCUT2D eigenvalue weighted by molar-refractivity contribution is 0.0208. The Kier molecular flexibility index (Phi) is 6.43. The predicted octanol–water partition coefficient (Wildman–Crippen LogP) is 4.42. The average molecular weight is 623 g/mol. The van der Waals surface area contributed by atoms with Gasteiger partial charge in [-0.15, -0.1) is 6.42 Å². The lowest BCUT2D eigenvalue weighted by Gasteiger charge is -2.45. The number of hydrogen-bond acceptors (Lipinski definition) is 8. The van der Waals surface area contributed by atoms with Crippen molar-refractivity contribution in [3.8, 4) is 35.2 Å². The summed E-state index contributed by atoms with van der Waals surface area (Å²) in [4.78, 5) is 14.4. The second-order valence-corrected chi connectivity index (χ2v) is 14.1. The molecule has 0 spiro atoms. The zero-order chi connectivity index (χ0) is 31.2. The molecule has 3 aromatic carbocycles. The standard InChI is InChI=1S/C36H36F2N6O2/c1-2-25-29(37)8-3-20-11-24(45)12-28(31(20)25)26-6-7-27-33(32(26)38)41-35(42-34(27)43-16-22-4-5-23(17-43)40-22)46-19-36(9-10-36)18-44-15-21-13-39-14-30(21)44/h1,3,6-8,11-12,21-23,30,39-40,45H,4-5,9-10,13-19H2. The summed E-state index contributed by atoms with van der Waals surface area (Å²) in [6, 6.07) is 10.7. The first-order valence-corrected chi connectivity index (χ1v) is 16.4. The molecule has 0 radical (unpaired) electrons. The van der Waals surface area contributed by atoms with Crippen LogP contribution >= 0.6 is 0 Å². The minimum atomic E-state index is -0.593. The number of rotatable bonds is 7. The van der Waals surface area contributed by atoms with Crippen LogP contribution in [0.3, 0.4) is 0 Å². The SMILES string of the molecule is C#Cc1c(F)ccc2cc(O)cc(-c3ccc4c(N5CC6CCC(C5)N6)nc(OCC5(CN6CC7CNCC76)CC5)nc4c3F)c12. The second-order valence-electron chi connectivity index (χ2n) is 14.1. The first kappa shape index (κ1) is 28.2. The Hall–Kier alpha value is -4.04. The van der Waals surface area contributed by atoms with Crippen LogP contribution in [0.1, 0.15) is 31.2 Å². The molecule has 9 rings (SSSR count). The van der Waals surface area contributed by atoms with E-state index in [1.807, 2.05) is 6.07 Å². The monoisotopic (exact) mass is 622 g/mol. The molecule has 4 atom stereocenters. The molecule has 1 aromatic heterocycles. The summed E-state index contributed by atoms with van der Waals surface area (Å²) in [5.41, 5.74) is 0.688. The minimum Gasteiger partial charge on any atom is -0.508 e. The van der Waals surface area contributed by atoms with E-state index in [4.69, 9.17) is 16.1 Å². The summed E-state index contributed by atoms with van der Waals surface area (Å²) in [6.45, 7) is 6.30. The maximum Gasteiger partial charge on any atom is 0.319 e. The van der Waals surface area contributed by atoms with Crippen LogP contribution in [0.2, 0.25) is 0 Å². The Bertz CT molecular complexity index is 1930. The van der Waals surface area contributed by atoms with E-state index in [0.29, 0.717) is 52.3 Å². The number of piperazine rings is 1. The highest BCUT2D eigenvalue weighted by atomic mass is 19.1. The summed E-state index contributed by atoms with van der Waals surface area (Å²) in [5.74, 6) is 2.60. The minimum absolute atomic E-state index is 0.0207. The maximum atomic E-state index is 16.9. The van der Waals surface area contributed by atoms with Gasteiger partial charge in [0.15, 0.2) is 5.82 Å². The van der Waals surface area contributed by atoms with Crippen molar-refractivity contribution < 1.29 is 18.6 Å². The molecule has 2 bridgehead atoms. The van der Waals surface area contributed by atoms with E-state index in [-0.39, 0.29) is 33.8 Å². The number of likely N-dealkylation sites (tertiary alicyclic amines) is 1. The Balaban J connectivity index is 1.12. The van der Waals surface area contributed by atoms with Crippen LogP contribution in [0.25, 0.3) is 32.8 Å². The van der Waals surface area contributed by atoms with Crippen LogP contribution in [-0.4, -0.2) is 84.0 Å². The molecule has 1 saturated carbocycles. The summed E-state index contributed by atoms with van der Waals surface area (Å²) in [7, 11) is 0. The predicted molar refractivity (Wildman–Crippen MR) is 173 cm³/mol. The molecule has 4 aromatic rings. The third-order valence-electron chi connectivity index (χ3n) is 11.0. The number of halogens is 2. The van der Waals surface area contributed by atoms with Gasteiger partial charge in [-0.2, -0.15) is 9.97 Å². The number of phenols is 1. The van der Waals surface area contributed by atoms with Crippen molar-refractivity contribution in [1.29, 1.82) is 0 Å². The van der Waals surface area contributed by atoms with Gasteiger partial charge in [0.2, 0.25) is 0 Å². The molecule has 5 fully saturated rings. The number of phenolic OH excluding ortho intramolecular Hbond substituents is 1. The Morgan fingerprint density at radius 3 is 2.61 bits per heavy atom. The fourth-order valence-electron chi connectivity index (χ4n) is 8.37. The fraction of sp³-hybridized carbons (Fsp3) is 0.444. The largest absolute Gasteiger partial charge is 0.508 e. The maximum absolute atomic E-state index is 16.9. The number of terminal acetylenes is 1. The topological polar surface area (TPSA) is 85.8 Å². The highest BCUT2D eigenvalue weighted by molar-refractivity contribution is 6.04. The van der Waals surface area contributed by atoms with Gasteiger partial charge < -0.3 is 25.4 Å². The molecule has 46 heavy (non-hydrogen) atoms. The third kappa shape index (κ3) is 4.59. The van der Waals surface area contributed by atoms with Crippen LogP contribution < -0.4 is 20.3 Å². The molecule has 236 valence electrons. The van der Waals surface area contributed by atoms with Gasteiger partial charge >= 0.3 is 6.01 Å². The van der Waals surface area contributed by atoms with E-state index in [0.717, 1.165) is 70.9 Å². The van der Waals surface area contributed by atoms with Crippen LogP contribution in [0.5, 0.6) is 11.8 Å². The number of nitrogens with zero attached hydrogens (tertiary/aromatic N) is 4. The Morgan fingerprint density at radius 2 is 1.85 bits per heavy atom. The van der Waals surface area contributed by atoms with Crippen molar-refractivity contribution in [3.63, 3.8) is 0 Å². The van der Waals surface area contributed by atoms with Crippen molar-refractivity contribution in [3.05, 3.63) is 53.6 Å². The molecule has 10 heteroatoms. The molecular formula is C36H36F2N6O2. The number of aromatic nitrogens is 2. The van der Waals surface area contributed by atoms with Crippen LogP contribution in [0.15, 0.2) is 36.4 Å². The molecular weight excluding hydrogens is 586 g/mol. The smallest absolute Gasteiger partial charge is 0.319 e. The molecule has 5 heterocycles. The van der Waals surface area contributed by atoms with Gasteiger partial charge in [-0.1, -0.05) is 18.1 Å². The Labute approximate surface area is 266 Å². The van der Waals surface area contributed by atoms with Crippen molar-refractivity contribution in [2.75, 3.05) is 50.8 Å². The van der Waals surface area contributed by atoms with Crippen molar-refractivity contribution in [1.82, 2.24) is 25.5 Å². The van der Waals surface area contributed by atoms with Gasteiger partial charge in [-0.05, 0) is 60.9 Å². The molecule has 3 N–H and O–H groups in total. The van der Waals surface area contributed by atoms with Gasteiger partial charge in [0.05, 0.1) is 12.2 Å². The summed E-state index contributed by atoms with van der Waals surface area (Å²) >= 11 is 0. The number of hydrogen-bond donors (Lipinski definition) is 3. The van der Waals surface area contributed by atoms with Gasteiger partial charge in [0.25, 0.3) is 0 Å². The van der Waals surface area contributed by atoms with Gasteiger partial charge in [0, 0.05) is 85.1 Å². The molecule has 4 aliphatic heterocycles. The second kappa shape index (κ2) is 10.5. The summed E-state index contributed by atoms with van der Waals surface area (Å²) < 4.78 is 38.1. The van der Waals surface area contributed by atoms with Crippen molar-refractivity contribution in [2.45, 2.75) is 43.8 Å². The van der Waals surface area contributed by atoms with Crippen LogP contribution in [0.4, 0.5) is 14.6 Å². The quantitative estimate of drug-likeness (QED) is 0.262. The molecule has 8 nitrogen and oxygen atoms in total. The first-order valence-electron chi connectivity index (χ1n) is 16.4. The van der Waals surface area contributed by atoms with Crippen LogP contribution in [0, 0.1) is 35.3 Å². The number of aromatic hydroxyl groups is 1. The van der Waals surface area contributed by atoms with E-state index in [1.165, 1.54) is 24.3 Å². The average Bonchev–Trinajstić information content (AvgIpc) is 3.60. The van der Waals surface area contributed by atoms with E-state index < -0.39 is 11.6 Å². The van der Waals surface area contributed by atoms with Crippen molar-refractivity contribution >= 4 is 27.5 Å². The molecule has 4 unspecified atom stereocenters. The molecule has 0 amide bonds. The number of ether oxygens (including phenoxy) is 1. The third-order valence-corrected chi connectivity index (χ3v) is 11.0. The molecule has 1 aliphatic carbocycles. The number of nitrogens with one attached hydrogen (secondary N) is 2. The highest BCUT2D eigenvalue weighted by Crippen LogP contribution is 2.49. The van der Waals surface area contributed by atoms with Gasteiger partial charge in [-0.25, -0.2) is 8.78 Å². The highest BCUT2D eigenvalue weighted by Gasteiger charge is 2.51. The molecule has 5 aliphatic rings. The zero-order valence-corrected chi connectivity index (χ0v) is 25.5.